The summed E-state index contributed by atoms with van der Waals surface area (Å²) in [7, 11) is -0.0659. The van der Waals surface area contributed by atoms with Gasteiger partial charge in [-0.1, -0.05) is 0 Å². The van der Waals surface area contributed by atoms with Crippen molar-refractivity contribution in [3.8, 4) is 11.4 Å². The van der Waals surface area contributed by atoms with Gasteiger partial charge in [-0.15, -0.1) is 0 Å². The monoisotopic (exact) mass is 232 g/mol. The van der Waals surface area contributed by atoms with E-state index in [2.05, 4.69) is 15.1 Å². The third-order valence-corrected chi connectivity index (χ3v) is 2.20. The summed E-state index contributed by atoms with van der Waals surface area (Å²) in [5.41, 5.74) is 0.398. The van der Waals surface area contributed by atoms with Crippen LogP contribution in [0, 0.1) is 0 Å². The zero-order valence-electron chi connectivity index (χ0n) is 8.98. The van der Waals surface area contributed by atoms with Gasteiger partial charge in [0.05, 0.1) is 6.20 Å². The lowest BCUT2D eigenvalue weighted by Crippen LogP contribution is -2.30. The maximum absolute atomic E-state index is 11.4. The van der Waals surface area contributed by atoms with E-state index in [9.17, 15) is 4.79 Å². The molecule has 2 aromatic rings. The number of hydrogen-bond acceptors (Lipinski definition) is 6. The van der Waals surface area contributed by atoms with Crippen molar-refractivity contribution >= 4 is 12.6 Å². The average Bonchev–Trinajstić information content (AvgIpc) is 2.33. The lowest BCUT2D eigenvalue weighted by Gasteiger charge is -2.02. The molecule has 2 aromatic heterocycles. The third-order valence-electron chi connectivity index (χ3n) is 2.20. The Hall–Kier alpha value is -2.06. The summed E-state index contributed by atoms with van der Waals surface area (Å²) < 4.78 is 1.19. The van der Waals surface area contributed by atoms with Gasteiger partial charge in [-0.3, -0.25) is 4.79 Å². The van der Waals surface area contributed by atoms with Crippen LogP contribution >= 0.6 is 0 Å². The van der Waals surface area contributed by atoms with Gasteiger partial charge in [0.2, 0.25) is 0 Å². The number of nitrogens with zero attached hydrogens (tertiary/aromatic N) is 4. The Bertz CT molecular complexity index is 582. The van der Waals surface area contributed by atoms with Crippen LogP contribution in [0.2, 0.25) is 0 Å². The van der Waals surface area contributed by atoms with Crippen LogP contribution < -0.4 is 11.0 Å². The molecule has 0 spiro atoms. The van der Waals surface area contributed by atoms with Gasteiger partial charge in [0.1, 0.15) is 0 Å². The Morgan fingerprint density at radius 3 is 2.41 bits per heavy atom. The smallest absolute Gasteiger partial charge is 0.423 e. The second-order valence-electron chi connectivity index (χ2n) is 3.42. The molecule has 0 atom stereocenters. The lowest BCUT2D eigenvalue weighted by molar-refractivity contribution is 0.425. The minimum Gasteiger partial charge on any atom is -0.423 e. The summed E-state index contributed by atoms with van der Waals surface area (Å²) in [6.45, 7) is 0. The molecule has 0 unspecified atom stereocenters. The SMILES string of the molecule is Cn1ncc(-c2ncc(B(O)O)cn2)cc1=O. The third kappa shape index (κ3) is 2.37. The van der Waals surface area contributed by atoms with Gasteiger partial charge in [-0.2, -0.15) is 5.10 Å². The second-order valence-corrected chi connectivity index (χ2v) is 3.42. The fourth-order valence-electron chi connectivity index (χ4n) is 1.21. The van der Waals surface area contributed by atoms with E-state index in [1.807, 2.05) is 0 Å². The van der Waals surface area contributed by atoms with Crippen LogP contribution in [-0.2, 0) is 7.05 Å². The summed E-state index contributed by atoms with van der Waals surface area (Å²) in [5.74, 6) is 0.305. The topological polar surface area (TPSA) is 101 Å². The highest BCUT2D eigenvalue weighted by molar-refractivity contribution is 6.58. The maximum Gasteiger partial charge on any atom is 0.491 e. The standard InChI is InChI=1S/C9H9BN4O3/c1-14-8(15)2-6(3-13-14)9-11-4-7(5-12-9)10(16)17/h2-5,16-17H,1H3. The van der Waals surface area contributed by atoms with Crippen molar-refractivity contribution in [2.75, 3.05) is 0 Å². The second kappa shape index (κ2) is 4.44. The minimum absolute atomic E-state index is 0.186. The van der Waals surface area contributed by atoms with Crippen molar-refractivity contribution in [1.82, 2.24) is 19.7 Å². The maximum atomic E-state index is 11.4. The van der Waals surface area contributed by atoms with E-state index in [1.54, 1.807) is 0 Å². The molecule has 7 nitrogen and oxygen atoms in total. The van der Waals surface area contributed by atoms with Crippen LogP contribution in [0.1, 0.15) is 0 Å². The average molecular weight is 232 g/mol. The van der Waals surface area contributed by atoms with Gasteiger partial charge < -0.3 is 10.0 Å². The van der Waals surface area contributed by atoms with E-state index >= 15 is 0 Å². The van der Waals surface area contributed by atoms with Crippen LogP contribution in [0.3, 0.4) is 0 Å². The molecule has 0 radical (unpaired) electrons. The highest BCUT2D eigenvalue weighted by Crippen LogP contribution is 2.07. The lowest BCUT2D eigenvalue weighted by atomic mass is 9.83. The van der Waals surface area contributed by atoms with Crippen LogP contribution in [-0.4, -0.2) is 36.9 Å². The van der Waals surface area contributed by atoms with Gasteiger partial charge in [0, 0.05) is 36.5 Å². The van der Waals surface area contributed by atoms with E-state index in [0.717, 1.165) is 0 Å². The zero-order valence-corrected chi connectivity index (χ0v) is 8.98. The predicted molar refractivity (Wildman–Crippen MR) is 60.3 cm³/mol. The van der Waals surface area contributed by atoms with Gasteiger partial charge in [-0.05, 0) is 0 Å². The molecule has 0 aliphatic rings. The molecule has 0 amide bonds. The predicted octanol–water partition coefficient (Wildman–Crippen LogP) is -2.08. The summed E-state index contributed by atoms with van der Waals surface area (Å²) in [6.07, 6.45) is 4.03. The largest absolute Gasteiger partial charge is 0.491 e. The van der Waals surface area contributed by atoms with Crippen LogP contribution in [0.4, 0.5) is 0 Å². The quantitative estimate of drug-likeness (QED) is 0.576. The molecule has 86 valence electrons. The molecule has 0 aliphatic heterocycles. The highest BCUT2D eigenvalue weighted by Gasteiger charge is 2.12. The van der Waals surface area contributed by atoms with Crippen molar-refractivity contribution in [2.24, 2.45) is 7.05 Å². The first-order valence-electron chi connectivity index (χ1n) is 4.80. The van der Waals surface area contributed by atoms with Crippen LogP contribution in [0.15, 0.2) is 29.5 Å². The summed E-state index contributed by atoms with van der Waals surface area (Å²) in [4.78, 5) is 19.2. The highest BCUT2D eigenvalue weighted by atomic mass is 16.4. The molecule has 2 rings (SSSR count). The molecule has 8 heteroatoms. The molecular formula is C9H9BN4O3. The Morgan fingerprint density at radius 1 is 1.24 bits per heavy atom. The Morgan fingerprint density at radius 2 is 1.88 bits per heavy atom. The summed E-state index contributed by atoms with van der Waals surface area (Å²) in [5, 5.41) is 21.6. The van der Waals surface area contributed by atoms with Crippen LogP contribution in [0.5, 0.6) is 0 Å². The van der Waals surface area contributed by atoms with Gasteiger partial charge in [-0.25, -0.2) is 14.6 Å². The molecule has 0 saturated carbocycles. The zero-order chi connectivity index (χ0) is 12.4. The first kappa shape index (κ1) is 11.4. The van der Waals surface area contributed by atoms with Crippen LogP contribution in [0.25, 0.3) is 11.4 Å². The Labute approximate surface area is 96.6 Å². The first-order valence-corrected chi connectivity index (χ1v) is 4.80. The molecule has 0 aromatic carbocycles. The van der Waals surface area contributed by atoms with Gasteiger partial charge >= 0.3 is 7.12 Å². The summed E-state index contributed by atoms with van der Waals surface area (Å²) >= 11 is 0. The normalized spacial score (nSPS) is 10.3. The Kier molecular flexibility index (Phi) is 2.98. The molecule has 2 N–H and O–H groups in total. The first-order chi connectivity index (χ1) is 8.08. The van der Waals surface area contributed by atoms with Crippen molar-refractivity contribution < 1.29 is 10.0 Å². The molecular weight excluding hydrogens is 223 g/mol. The summed E-state index contributed by atoms with van der Waals surface area (Å²) in [6, 6.07) is 1.36. The molecule has 0 aliphatic carbocycles. The van der Waals surface area contributed by atoms with Gasteiger partial charge in [0.15, 0.2) is 5.82 Å². The number of hydrogen-bond donors (Lipinski definition) is 2. The van der Waals surface area contributed by atoms with Gasteiger partial charge in [0.25, 0.3) is 5.56 Å². The van der Waals surface area contributed by atoms with E-state index in [-0.39, 0.29) is 11.0 Å². The van der Waals surface area contributed by atoms with E-state index in [1.165, 1.54) is 36.4 Å². The Balaban J connectivity index is 2.40. The fourth-order valence-corrected chi connectivity index (χ4v) is 1.21. The van der Waals surface area contributed by atoms with E-state index in [4.69, 9.17) is 10.0 Å². The molecule has 0 fully saturated rings. The van der Waals surface area contributed by atoms with Crippen molar-refractivity contribution in [1.29, 1.82) is 0 Å². The van der Waals surface area contributed by atoms with Crippen molar-refractivity contribution in [2.45, 2.75) is 0 Å². The number of aromatic nitrogens is 4. The fraction of sp³-hybridized carbons (Fsp3) is 0.111. The molecule has 0 bridgehead atoms. The van der Waals surface area contributed by atoms with E-state index < -0.39 is 7.12 Å². The number of rotatable bonds is 2. The minimum atomic E-state index is -1.61. The molecule has 2 heterocycles. The van der Waals surface area contributed by atoms with Crippen molar-refractivity contribution in [3.63, 3.8) is 0 Å². The molecule has 0 saturated heterocycles. The van der Waals surface area contributed by atoms with E-state index in [0.29, 0.717) is 11.4 Å². The van der Waals surface area contributed by atoms with Crippen molar-refractivity contribution in [3.05, 3.63) is 35.0 Å². The molecule has 17 heavy (non-hydrogen) atoms. The number of aryl methyl sites for hydroxylation is 1.